The van der Waals surface area contributed by atoms with E-state index in [9.17, 15) is 14.0 Å². The molecule has 0 spiro atoms. The van der Waals surface area contributed by atoms with E-state index in [1.165, 1.54) is 22.7 Å². The van der Waals surface area contributed by atoms with Crippen LogP contribution in [0.5, 0.6) is 0 Å². The molecule has 0 saturated carbocycles. The first-order valence-corrected chi connectivity index (χ1v) is 9.36. The summed E-state index contributed by atoms with van der Waals surface area (Å²) in [5, 5.41) is 10.5. The minimum atomic E-state index is -0.479. The van der Waals surface area contributed by atoms with Gasteiger partial charge in [-0.15, -0.1) is 5.10 Å². The third kappa shape index (κ3) is 4.47. The molecule has 2 heterocycles. The molecule has 1 amide bonds. The highest BCUT2D eigenvalue weighted by atomic mass is 35.5. The number of hydrogen-bond acceptors (Lipinski definition) is 5. The lowest BCUT2D eigenvalue weighted by atomic mass is 10.2. The highest BCUT2D eigenvalue weighted by Gasteiger charge is 2.12. The summed E-state index contributed by atoms with van der Waals surface area (Å²) in [4.78, 5) is 28.9. The zero-order valence-electron chi connectivity index (χ0n) is 15.5. The zero-order chi connectivity index (χ0) is 21.1. The van der Waals surface area contributed by atoms with Crippen LogP contribution >= 0.6 is 11.6 Å². The predicted molar refractivity (Wildman–Crippen MR) is 110 cm³/mol. The maximum Gasteiger partial charge on any atom is 0.352 e. The highest BCUT2D eigenvalue weighted by molar-refractivity contribution is 6.30. The van der Waals surface area contributed by atoms with Crippen LogP contribution in [0, 0.1) is 5.82 Å². The van der Waals surface area contributed by atoms with Crippen LogP contribution in [0.25, 0.3) is 5.78 Å². The Hall–Kier alpha value is -3.72. The minimum absolute atomic E-state index is 0.137. The maximum absolute atomic E-state index is 13.0. The van der Waals surface area contributed by atoms with E-state index in [0.29, 0.717) is 23.1 Å². The molecule has 4 aromatic rings. The zero-order valence-corrected chi connectivity index (χ0v) is 16.3. The van der Waals surface area contributed by atoms with Crippen molar-refractivity contribution in [2.24, 2.45) is 0 Å². The molecule has 0 unspecified atom stereocenters. The number of carbonyl (C=O) groups excluding carboxylic acids is 1. The SMILES string of the molecule is O=C(Cn1nc2nc(Nc3ccc(F)cc3)ccn2c1=O)NCc1ccc(Cl)cc1. The topological polar surface area (TPSA) is 93.3 Å². The number of hydrogen-bond donors (Lipinski definition) is 2. The number of benzene rings is 2. The van der Waals surface area contributed by atoms with Crippen molar-refractivity contribution in [1.29, 1.82) is 0 Å². The summed E-state index contributed by atoms with van der Waals surface area (Å²) >= 11 is 5.84. The number of halogens is 2. The molecule has 2 aromatic carbocycles. The number of aromatic nitrogens is 4. The normalized spacial score (nSPS) is 10.9. The molecule has 152 valence electrons. The molecule has 0 bridgehead atoms. The van der Waals surface area contributed by atoms with Crippen LogP contribution < -0.4 is 16.3 Å². The molecule has 10 heteroatoms. The van der Waals surface area contributed by atoms with Crippen LogP contribution in [0.15, 0.2) is 65.6 Å². The van der Waals surface area contributed by atoms with Crippen LogP contribution in [-0.2, 0) is 17.9 Å². The molecule has 2 N–H and O–H groups in total. The van der Waals surface area contributed by atoms with Crippen LogP contribution in [0.1, 0.15) is 5.56 Å². The predicted octanol–water partition coefficient (Wildman–Crippen LogP) is 2.74. The molecular weight excluding hydrogens is 411 g/mol. The van der Waals surface area contributed by atoms with Crippen LogP contribution in [-0.4, -0.2) is 25.1 Å². The van der Waals surface area contributed by atoms with Crippen LogP contribution in [0.4, 0.5) is 15.9 Å². The van der Waals surface area contributed by atoms with Crippen molar-refractivity contribution < 1.29 is 9.18 Å². The van der Waals surface area contributed by atoms with E-state index in [-0.39, 0.29) is 24.0 Å². The van der Waals surface area contributed by atoms with Crippen molar-refractivity contribution in [3.63, 3.8) is 0 Å². The highest BCUT2D eigenvalue weighted by Crippen LogP contribution is 2.15. The average molecular weight is 427 g/mol. The smallest absolute Gasteiger partial charge is 0.350 e. The lowest BCUT2D eigenvalue weighted by Gasteiger charge is -2.05. The number of rotatable bonds is 6. The van der Waals surface area contributed by atoms with Gasteiger partial charge in [-0.2, -0.15) is 4.98 Å². The Balaban J connectivity index is 1.45. The van der Waals surface area contributed by atoms with Crippen molar-refractivity contribution in [2.45, 2.75) is 13.1 Å². The molecule has 30 heavy (non-hydrogen) atoms. The van der Waals surface area contributed by atoms with Crippen molar-refractivity contribution in [3.8, 4) is 0 Å². The van der Waals surface area contributed by atoms with Gasteiger partial charge < -0.3 is 10.6 Å². The molecule has 4 rings (SSSR count). The van der Waals surface area contributed by atoms with Gasteiger partial charge in [0, 0.05) is 23.5 Å². The number of carbonyl (C=O) groups is 1. The molecule has 0 aliphatic rings. The van der Waals surface area contributed by atoms with Crippen molar-refractivity contribution in [2.75, 3.05) is 5.32 Å². The van der Waals surface area contributed by atoms with Gasteiger partial charge in [-0.1, -0.05) is 23.7 Å². The number of amides is 1. The monoisotopic (exact) mass is 426 g/mol. The summed E-state index contributed by atoms with van der Waals surface area (Å²) in [7, 11) is 0. The van der Waals surface area contributed by atoms with Gasteiger partial charge in [-0.25, -0.2) is 18.3 Å². The Labute approximate surface area is 174 Å². The lowest BCUT2D eigenvalue weighted by Crippen LogP contribution is -2.32. The second kappa shape index (κ2) is 8.34. The van der Waals surface area contributed by atoms with E-state index in [4.69, 9.17) is 11.6 Å². The average Bonchev–Trinajstić information content (AvgIpc) is 3.04. The summed E-state index contributed by atoms with van der Waals surface area (Å²) in [6, 6.07) is 14.4. The molecule has 0 aliphatic carbocycles. The quantitative estimate of drug-likeness (QED) is 0.494. The molecule has 0 saturated heterocycles. The van der Waals surface area contributed by atoms with E-state index in [0.717, 1.165) is 10.2 Å². The number of anilines is 2. The molecule has 8 nitrogen and oxygen atoms in total. The van der Waals surface area contributed by atoms with Gasteiger partial charge in [0.25, 0.3) is 5.78 Å². The first-order valence-electron chi connectivity index (χ1n) is 8.98. The van der Waals surface area contributed by atoms with Crippen molar-refractivity contribution in [3.05, 3.63) is 87.7 Å². The number of fused-ring (bicyclic) bond motifs is 1. The van der Waals surface area contributed by atoms with E-state index in [1.807, 2.05) is 0 Å². The minimum Gasteiger partial charge on any atom is -0.350 e. The third-order valence-corrected chi connectivity index (χ3v) is 4.52. The molecule has 0 aliphatic heterocycles. The fourth-order valence-corrected chi connectivity index (χ4v) is 2.88. The standard InChI is InChI=1S/C20H16ClFN6O2/c21-14-3-1-13(2-4-14)11-23-18(29)12-28-20(30)27-10-9-17(25-19(27)26-28)24-16-7-5-15(22)6-8-16/h1-10H,11-12H2,(H,23,29)(H,24,25,26). The van der Waals surface area contributed by atoms with Gasteiger partial charge >= 0.3 is 5.69 Å². The van der Waals surface area contributed by atoms with Gasteiger partial charge in [-0.3, -0.25) is 4.79 Å². The molecule has 0 atom stereocenters. The van der Waals surface area contributed by atoms with Crippen LogP contribution in [0.3, 0.4) is 0 Å². The Bertz CT molecular complexity index is 1250. The Morgan fingerprint density at radius 2 is 1.80 bits per heavy atom. The van der Waals surface area contributed by atoms with Gasteiger partial charge in [0.2, 0.25) is 5.91 Å². The van der Waals surface area contributed by atoms with E-state index in [2.05, 4.69) is 20.7 Å². The molecule has 2 aromatic heterocycles. The summed E-state index contributed by atoms with van der Waals surface area (Å²) in [6.07, 6.45) is 1.51. The largest absolute Gasteiger partial charge is 0.352 e. The number of nitrogens with zero attached hydrogens (tertiary/aromatic N) is 4. The van der Waals surface area contributed by atoms with Crippen LogP contribution in [0.2, 0.25) is 5.02 Å². The maximum atomic E-state index is 13.0. The Morgan fingerprint density at radius 3 is 2.53 bits per heavy atom. The second-order valence-corrected chi connectivity index (χ2v) is 6.89. The Kier molecular flexibility index (Phi) is 5.44. The molecular formula is C20H16ClFN6O2. The second-order valence-electron chi connectivity index (χ2n) is 6.46. The van der Waals surface area contributed by atoms with Gasteiger partial charge in [-0.05, 0) is 48.0 Å². The van der Waals surface area contributed by atoms with Crippen molar-refractivity contribution in [1.82, 2.24) is 24.5 Å². The summed E-state index contributed by atoms with van der Waals surface area (Å²) in [5.74, 6) is -0.139. The fourth-order valence-electron chi connectivity index (χ4n) is 2.75. The number of nitrogens with one attached hydrogen (secondary N) is 2. The molecule has 0 radical (unpaired) electrons. The van der Waals surface area contributed by atoms with E-state index >= 15 is 0 Å². The summed E-state index contributed by atoms with van der Waals surface area (Å²) < 4.78 is 15.3. The summed E-state index contributed by atoms with van der Waals surface area (Å²) in [6.45, 7) is 0.0681. The third-order valence-electron chi connectivity index (χ3n) is 4.27. The van der Waals surface area contributed by atoms with E-state index in [1.54, 1.807) is 42.5 Å². The Morgan fingerprint density at radius 1 is 1.07 bits per heavy atom. The van der Waals surface area contributed by atoms with Gasteiger partial charge in [0.1, 0.15) is 18.2 Å². The molecule has 0 fully saturated rings. The van der Waals surface area contributed by atoms with E-state index < -0.39 is 5.69 Å². The van der Waals surface area contributed by atoms with Gasteiger partial charge in [0.15, 0.2) is 0 Å². The lowest BCUT2D eigenvalue weighted by molar-refractivity contribution is -0.122. The summed E-state index contributed by atoms with van der Waals surface area (Å²) in [5.41, 5.74) is 1.04. The first kappa shape index (κ1) is 19.6. The fraction of sp³-hybridized carbons (Fsp3) is 0.100. The van der Waals surface area contributed by atoms with Crippen molar-refractivity contribution >= 4 is 34.8 Å². The first-order chi connectivity index (χ1) is 14.5. The van der Waals surface area contributed by atoms with Gasteiger partial charge in [0.05, 0.1) is 0 Å².